The van der Waals surface area contributed by atoms with Crippen LogP contribution in [0, 0.1) is 5.82 Å². The van der Waals surface area contributed by atoms with E-state index >= 15 is 0 Å². The minimum absolute atomic E-state index is 0.00893. The molecule has 0 saturated heterocycles. The molecule has 0 radical (unpaired) electrons. The van der Waals surface area contributed by atoms with E-state index in [1.54, 1.807) is 0 Å². The number of halogens is 3. The van der Waals surface area contributed by atoms with E-state index in [9.17, 15) is 19.4 Å². The van der Waals surface area contributed by atoms with E-state index in [0.717, 1.165) is 0 Å². The van der Waals surface area contributed by atoms with Crippen molar-refractivity contribution in [3.63, 3.8) is 0 Å². The molecule has 0 aliphatic carbocycles. The zero-order valence-corrected chi connectivity index (χ0v) is 12.6. The molecular formula is C13H12Cl2FN3O3. The van der Waals surface area contributed by atoms with Gasteiger partial charge in [-0.3, -0.25) is 14.8 Å². The largest absolute Gasteiger partial charge is 0.508 e. The van der Waals surface area contributed by atoms with Crippen LogP contribution in [0.2, 0.25) is 10.0 Å². The van der Waals surface area contributed by atoms with Crippen LogP contribution in [-0.4, -0.2) is 32.0 Å². The Hall–Kier alpha value is -1.83. The number of carboxylic acids is 1. The molecule has 1 aromatic carbocycles. The van der Waals surface area contributed by atoms with Gasteiger partial charge in [0.25, 0.3) is 0 Å². The second-order valence-corrected chi connectivity index (χ2v) is 5.36. The maximum Gasteiger partial charge on any atom is 0.322 e. The van der Waals surface area contributed by atoms with Crippen LogP contribution in [0.25, 0.3) is 0 Å². The molecule has 0 amide bonds. The highest BCUT2D eigenvalue weighted by molar-refractivity contribution is 6.31. The van der Waals surface area contributed by atoms with Crippen molar-refractivity contribution in [3.8, 4) is 5.75 Å². The fraction of sp³-hybridized carbons (Fsp3) is 0.231. The molecule has 0 aliphatic rings. The highest BCUT2D eigenvalue weighted by atomic mass is 35.5. The van der Waals surface area contributed by atoms with Gasteiger partial charge in [0.1, 0.15) is 17.6 Å². The van der Waals surface area contributed by atoms with Gasteiger partial charge in [0.2, 0.25) is 0 Å². The van der Waals surface area contributed by atoms with E-state index < -0.39 is 17.8 Å². The molecule has 0 aliphatic heterocycles. The summed E-state index contributed by atoms with van der Waals surface area (Å²) in [6, 6.07) is 1.41. The summed E-state index contributed by atoms with van der Waals surface area (Å²) in [7, 11) is 0. The lowest BCUT2D eigenvalue weighted by Crippen LogP contribution is -2.40. The van der Waals surface area contributed by atoms with E-state index in [1.165, 1.54) is 29.2 Å². The van der Waals surface area contributed by atoms with Gasteiger partial charge in [0, 0.05) is 18.3 Å². The maximum atomic E-state index is 13.8. The second-order valence-electron chi connectivity index (χ2n) is 4.51. The number of carboxylic acid groups (broad SMARTS) is 1. The van der Waals surface area contributed by atoms with E-state index in [-0.39, 0.29) is 29.4 Å². The van der Waals surface area contributed by atoms with Gasteiger partial charge in [-0.05, 0) is 12.1 Å². The number of aliphatic carboxylic acids is 1. The average molecular weight is 348 g/mol. The molecule has 22 heavy (non-hydrogen) atoms. The molecule has 2 aromatic rings. The van der Waals surface area contributed by atoms with Crippen molar-refractivity contribution in [2.24, 2.45) is 0 Å². The molecule has 3 N–H and O–H groups in total. The van der Waals surface area contributed by atoms with Crippen LogP contribution in [0.1, 0.15) is 5.56 Å². The van der Waals surface area contributed by atoms with Crippen LogP contribution >= 0.6 is 23.2 Å². The smallest absolute Gasteiger partial charge is 0.322 e. The van der Waals surface area contributed by atoms with Crippen LogP contribution in [-0.2, 0) is 17.9 Å². The Bertz CT molecular complexity index is 693. The lowest BCUT2D eigenvalue weighted by Gasteiger charge is -2.15. The van der Waals surface area contributed by atoms with Crippen LogP contribution in [0.15, 0.2) is 24.5 Å². The molecule has 0 spiro atoms. The Labute approximate surface area is 135 Å². The fourth-order valence-corrected chi connectivity index (χ4v) is 2.16. The predicted molar refractivity (Wildman–Crippen MR) is 78.6 cm³/mol. The Morgan fingerprint density at radius 1 is 1.45 bits per heavy atom. The Morgan fingerprint density at radius 2 is 2.18 bits per heavy atom. The number of aromatic hydroxyl groups is 1. The number of phenols is 1. The zero-order valence-electron chi connectivity index (χ0n) is 11.1. The molecule has 2 rings (SSSR count). The molecule has 1 aromatic heterocycles. The molecular weight excluding hydrogens is 336 g/mol. The van der Waals surface area contributed by atoms with E-state index in [2.05, 4.69) is 10.4 Å². The van der Waals surface area contributed by atoms with E-state index in [0.29, 0.717) is 5.02 Å². The summed E-state index contributed by atoms with van der Waals surface area (Å²) in [6.07, 6.45) is 2.85. The third-order valence-corrected chi connectivity index (χ3v) is 3.45. The van der Waals surface area contributed by atoms with Crippen LogP contribution in [0.3, 0.4) is 0 Å². The number of hydrogen-bond donors (Lipinski definition) is 3. The highest BCUT2D eigenvalue weighted by Crippen LogP contribution is 2.26. The molecule has 1 atom stereocenters. The third kappa shape index (κ3) is 3.88. The number of phenolic OH excluding ortho intramolecular Hbond substituents is 1. The molecule has 118 valence electrons. The van der Waals surface area contributed by atoms with Gasteiger partial charge in [-0.15, -0.1) is 0 Å². The standard InChI is InChI=1S/C13H12Cl2FN3O3/c14-7-3-18-19(5-7)6-10(13(21)22)17-4-8-11(20)2-1-9(15)12(8)16/h1-3,5,10,17,20H,4,6H2,(H,21,22). The molecule has 6 nitrogen and oxygen atoms in total. The Morgan fingerprint density at radius 3 is 2.77 bits per heavy atom. The first kappa shape index (κ1) is 16.5. The van der Waals surface area contributed by atoms with Crippen LogP contribution in [0.5, 0.6) is 5.75 Å². The zero-order chi connectivity index (χ0) is 16.3. The number of aromatic nitrogens is 2. The van der Waals surface area contributed by atoms with Crippen molar-refractivity contribution in [2.45, 2.75) is 19.1 Å². The van der Waals surface area contributed by atoms with E-state index in [4.69, 9.17) is 23.2 Å². The number of nitrogens with one attached hydrogen (secondary N) is 1. The minimum atomic E-state index is -1.14. The van der Waals surface area contributed by atoms with Gasteiger partial charge < -0.3 is 10.2 Å². The number of hydrogen-bond acceptors (Lipinski definition) is 4. The van der Waals surface area contributed by atoms with Crippen molar-refractivity contribution >= 4 is 29.2 Å². The molecule has 1 unspecified atom stereocenters. The SMILES string of the molecule is O=C(O)C(Cn1cc(Cl)cn1)NCc1c(O)ccc(Cl)c1F. The van der Waals surface area contributed by atoms with Gasteiger partial charge in [0.15, 0.2) is 0 Å². The molecule has 0 fully saturated rings. The molecule has 9 heteroatoms. The normalized spacial score (nSPS) is 12.3. The predicted octanol–water partition coefficient (Wildman–Crippen LogP) is 2.28. The van der Waals surface area contributed by atoms with Crippen molar-refractivity contribution < 1.29 is 19.4 Å². The van der Waals surface area contributed by atoms with Crippen LogP contribution in [0.4, 0.5) is 4.39 Å². The van der Waals surface area contributed by atoms with Crippen molar-refractivity contribution in [2.75, 3.05) is 0 Å². The molecule has 0 saturated carbocycles. The Balaban J connectivity index is 2.10. The topological polar surface area (TPSA) is 87.4 Å². The quantitative estimate of drug-likeness (QED) is 0.746. The van der Waals surface area contributed by atoms with Gasteiger partial charge >= 0.3 is 5.97 Å². The first-order valence-electron chi connectivity index (χ1n) is 6.18. The van der Waals surface area contributed by atoms with Gasteiger partial charge in [-0.25, -0.2) is 4.39 Å². The number of rotatable bonds is 6. The van der Waals surface area contributed by atoms with Crippen molar-refractivity contribution in [3.05, 3.63) is 46.0 Å². The summed E-state index contributed by atoms with van der Waals surface area (Å²) in [5.41, 5.74) is -0.0998. The number of benzene rings is 1. The van der Waals surface area contributed by atoms with Gasteiger partial charge in [-0.2, -0.15) is 5.10 Å². The van der Waals surface area contributed by atoms with Gasteiger partial charge in [-0.1, -0.05) is 23.2 Å². The summed E-state index contributed by atoms with van der Waals surface area (Å²) in [4.78, 5) is 11.2. The first-order valence-corrected chi connectivity index (χ1v) is 6.94. The summed E-state index contributed by atoms with van der Waals surface area (Å²) in [5, 5.41) is 25.6. The third-order valence-electron chi connectivity index (χ3n) is 2.97. The lowest BCUT2D eigenvalue weighted by molar-refractivity contribution is -0.140. The summed E-state index contributed by atoms with van der Waals surface area (Å²) in [5.74, 6) is -2.24. The summed E-state index contributed by atoms with van der Waals surface area (Å²) in [6.45, 7) is -0.213. The first-order chi connectivity index (χ1) is 10.4. The fourth-order valence-electron chi connectivity index (χ4n) is 1.83. The molecule has 0 bridgehead atoms. The maximum absolute atomic E-state index is 13.8. The second kappa shape index (κ2) is 6.95. The average Bonchev–Trinajstić information content (AvgIpc) is 2.87. The Kier molecular flexibility index (Phi) is 5.23. The van der Waals surface area contributed by atoms with E-state index in [1.807, 2.05) is 0 Å². The van der Waals surface area contributed by atoms with Crippen molar-refractivity contribution in [1.29, 1.82) is 0 Å². The lowest BCUT2D eigenvalue weighted by atomic mass is 10.1. The highest BCUT2D eigenvalue weighted by Gasteiger charge is 2.20. The van der Waals surface area contributed by atoms with Crippen LogP contribution < -0.4 is 5.32 Å². The number of carbonyl (C=O) groups is 1. The monoisotopic (exact) mass is 347 g/mol. The minimum Gasteiger partial charge on any atom is -0.508 e. The summed E-state index contributed by atoms with van der Waals surface area (Å²) < 4.78 is 15.2. The van der Waals surface area contributed by atoms with Gasteiger partial charge in [0.05, 0.1) is 22.8 Å². The van der Waals surface area contributed by atoms with Crippen molar-refractivity contribution in [1.82, 2.24) is 15.1 Å². The summed E-state index contributed by atoms with van der Waals surface area (Å²) >= 11 is 11.3. The number of nitrogens with zero attached hydrogens (tertiary/aromatic N) is 2. The molecule has 1 heterocycles.